The van der Waals surface area contributed by atoms with Crippen molar-refractivity contribution >= 4 is 22.2 Å². The molecule has 8 heteroatoms. The molecule has 2 N–H and O–H groups in total. The molecule has 0 aliphatic heterocycles. The normalized spacial score (nSPS) is 21.6. The maximum absolute atomic E-state index is 12.8. The van der Waals surface area contributed by atoms with Gasteiger partial charge in [-0.25, -0.2) is 4.98 Å². The first-order valence-electron chi connectivity index (χ1n) is 7.92. The van der Waals surface area contributed by atoms with Crippen LogP contribution in [-0.2, 0) is 7.05 Å². The fourth-order valence-corrected chi connectivity index (χ4v) is 4.15. The molecule has 1 atom stereocenters. The Labute approximate surface area is 142 Å². The number of fused-ring (bicyclic) bond motifs is 1. The average molecular weight is 345 g/mol. The number of hydrogen-bond acceptors (Lipinski definition) is 5. The van der Waals surface area contributed by atoms with Gasteiger partial charge in [-0.15, -0.1) is 11.3 Å². The van der Waals surface area contributed by atoms with Crippen molar-refractivity contribution in [2.45, 2.75) is 31.9 Å². The SMILES string of the molecule is Cc1cn2c(C(=O)N[C@H](c3cnn(C)c3)C3CC(O)C3)csc2n1. The maximum Gasteiger partial charge on any atom is 0.269 e. The third-order valence-corrected chi connectivity index (χ3v) is 5.39. The average Bonchev–Trinajstić information content (AvgIpc) is 3.17. The molecular weight excluding hydrogens is 326 g/mol. The highest BCUT2D eigenvalue weighted by Gasteiger charge is 2.36. The van der Waals surface area contributed by atoms with Crippen molar-refractivity contribution in [1.82, 2.24) is 24.5 Å². The van der Waals surface area contributed by atoms with Crippen LogP contribution in [-0.4, -0.2) is 36.3 Å². The summed E-state index contributed by atoms with van der Waals surface area (Å²) in [5.41, 5.74) is 2.45. The van der Waals surface area contributed by atoms with E-state index < -0.39 is 0 Å². The lowest BCUT2D eigenvalue weighted by atomic mass is 9.75. The van der Waals surface area contributed by atoms with Gasteiger partial charge < -0.3 is 10.4 Å². The van der Waals surface area contributed by atoms with E-state index in [-0.39, 0.29) is 24.0 Å². The summed E-state index contributed by atoms with van der Waals surface area (Å²) in [5, 5.41) is 18.8. The van der Waals surface area contributed by atoms with Crippen LogP contribution < -0.4 is 5.32 Å². The molecule has 1 aliphatic rings. The zero-order valence-corrected chi connectivity index (χ0v) is 14.3. The standard InChI is InChI=1S/C16H19N5O2S/c1-9-6-21-13(8-24-16(21)18-9)15(23)19-14(10-3-12(22)4-10)11-5-17-20(2)7-11/h5-8,10,12,14,22H,3-4H2,1-2H3,(H,19,23)/t10?,12?,14-/m0/s1. The van der Waals surface area contributed by atoms with Gasteiger partial charge in [-0.3, -0.25) is 13.9 Å². The predicted octanol–water partition coefficient (Wildman–Crippen LogP) is 1.68. The molecule has 0 unspecified atom stereocenters. The molecule has 1 fully saturated rings. The smallest absolute Gasteiger partial charge is 0.269 e. The van der Waals surface area contributed by atoms with E-state index in [0.717, 1.165) is 16.2 Å². The van der Waals surface area contributed by atoms with Crippen LogP contribution in [0, 0.1) is 12.8 Å². The Kier molecular flexibility index (Phi) is 3.65. The van der Waals surface area contributed by atoms with Gasteiger partial charge in [0, 0.05) is 30.4 Å². The Bertz CT molecular complexity index is 889. The van der Waals surface area contributed by atoms with Gasteiger partial charge in [0.05, 0.1) is 24.0 Å². The highest BCUT2D eigenvalue weighted by molar-refractivity contribution is 7.15. The number of rotatable bonds is 4. The van der Waals surface area contributed by atoms with Crippen molar-refractivity contribution in [1.29, 1.82) is 0 Å². The summed E-state index contributed by atoms with van der Waals surface area (Å²) >= 11 is 1.45. The molecule has 4 rings (SSSR count). The van der Waals surface area contributed by atoms with Crippen molar-refractivity contribution in [2.24, 2.45) is 13.0 Å². The van der Waals surface area contributed by atoms with E-state index in [9.17, 15) is 9.90 Å². The quantitative estimate of drug-likeness (QED) is 0.753. The van der Waals surface area contributed by atoms with E-state index in [1.54, 1.807) is 10.9 Å². The van der Waals surface area contributed by atoms with Gasteiger partial charge in [-0.05, 0) is 25.7 Å². The van der Waals surface area contributed by atoms with Crippen molar-refractivity contribution in [3.8, 4) is 0 Å². The fraction of sp³-hybridized carbons (Fsp3) is 0.438. The van der Waals surface area contributed by atoms with E-state index in [1.165, 1.54) is 11.3 Å². The van der Waals surface area contributed by atoms with Crippen molar-refractivity contribution < 1.29 is 9.90 Å². The molecule has 3 heterocycles. The third kappa shape index (κ3) is 2.61. The number of thiazole rings is 1. The van der Waals surface area contributed by atoms with Crippen LogP contribution in [0.4, 0.5) is 0 Å². The largest absolute Gasteiger partial charge is 0.393 e. The summed E-state index contributed by atoms with van der Waals surface area (Å²) in [6.07, 6.45) is 6.69. The first kappa shape index (κ1) is 15.3. The van der Waals surface area contributed by atoms with Gasteiger partial charge in [-0.2, -0.15) is 5.10 Å². The first-order valence-corrected chi connectivity index (χ1v) is 8.80. The molecule has 0 aromatic carbocycles. The summed E-state index contributed by atoms with van der Waals surface area (Å²) in [6, 6.07) is -0.144. The van der Waals surface area contributed by atoms with E-state index >= 15 is 0 Å². The summed E-state index contributed by atoms with van der Waals surface area (Å²) in [4.78, 5) is 18.0. The molecule has 0 spiro atoms. The molecule has 0 bridgehead atoms. The molecule has 1 saturated carbocycles. The third-order valence-electron chi connectivity index (χ3n) is 4.55. The van der Waals surface area contributed by atoms with Crippen LogP contribution in [0.1, 0.15) is 40.6 Å². The van der Waals surface area contributed by atoms with Crippen LogP contribution >= 0.6 is 11.3 Å². The van der Waals surface area contributed by atoms with Crippen LogP contribution in [0.3, 0.4) is 0 Å². The van der Waals surface area contributed by atoms with Gasteiger partial charge in [0.25, 0.3) is 5.91 Å². The van der Waals surface area contributed by atoms with Crippen molar-refractivity contribution in [3.63, 3.8) is 0 Å². The molecule has 24 heavy (non-hydrogen) atoms. The van der Waals surface area contributed by atoms with Crippen molar-refractivity contribution in [3.05, 3.63) is 40.9 Å². The number of aryl methyl sites for hydroxylation is 2. The number of nitrogens with zero attached hydrogens (tertiary/aromatic N) is 4. The summed E-state index contributed by atoms with van der Waals surface area (Å²) < 4.78 is 3.55. The van der Waals surface area contributed by atoms with E-state index in [1.807, 2.05) is 36.1 Å². The number of aliphatic hydroxyl groups is 1. The molecule has 1 aliphatic carbocycles. The van der Waals surface area contributed by atoms with Crippen LogP contribution in [0.15, 0.2) is 24.0 Å². The van der Waals surface area contributed by atoms with Crippen LogP contribution in [0.5, 0.6) is 0 Å². The number of amides is 1. The van der Waals surface area contributed by atoms with E-state index in [2.05, 4.69) is 15.4 Å². The molecule has 0 radical (unpaired) electrons. The second-order valence-corrected chi connectivity index (χ2v) is 7.28. The van der Waals surface area contributed by atoms with Crippen LogP contribution in [0.25, 0.3) is 4.96 Å². The highest BCUT2D eigenvalue weighted by atomic mass is 32.1. The molecule has 7 nitrogen and oxygen atoms in total. The minimum Gasteiger partial charge on any atom is -0.393 e. The second-order valence-electron chi connectivity index (χ2n) is 6.44. The van der Waals surface area contributed by atoms with Gasteiger partial charge in [-0.1, -0.05) is 0 Å². The molecular formula is C16H19N5O2S. The Hall–Kier alpha value is -2.19. The molecule has 3 aromatic heterocycles. The summed E-state index contributed by atoms with van der Waals surface area (Å²) in [6.45, 7) is 1.91. The van der Waals surface area contributed by atoms with E-state index in [4.69, 9.17) is 0 Å². The van der Waals surface area contributed by atoms with Gasteiger partial charge >= 0.3 is 0 Å². The lowest BCUT2D eigenvalue weighted by molar-refractivity contribution is 0.0234. The Morgan fingerprint density at radius 3 is 2.92 bits per heavy atom. The zero-order chi connectivity index (χ0) is 16.8. The maximum atomic E-state index is 12.8. The Morgan fingerprint density at radius 2 is 2.25 bits per heavy atom. The van der Waals surface area contributed by atoms with Gasteiger partial charge in [0.1, 0.15) is 5.69 Å². The predicted molar refractivity (Wildman–Crippen MR) is 90.0 cm³/mol. The lowest BCUT2D eigenvalue weighted by Gasteiger charge is -2.37. The lowest BCUT2D eigenvalue weighted by Crippen LogP contribution is -2.41. The fourth-order valence-electron chi connectivity index (χ4n) is 3.25. The highest BCUT2D eigenvalue weighted by Crippen LogP contribution is 2.38. The summed E-state index contributed by atoms with van der Waals surface area (Å²) in [7, 11) is 1.86. The minimum absolute atomic E-state index is 0.131. The zero-order valence-electron chi connectivity index (χ0n) is 13.5. The number of imidazole rings is 1. The minimum atomic E-state index is -0.268. The van der Waals surface area contributed by atoms with Gasteiger partial charge in [0.15, 0.2) is 4.96 Å². The van der Waals surface area contributed by atoms with Gasteiger partial charge in [0.2, 0.25) is 0 Å². The van der Waals surface area contributed by atoms with Crippen molar-refractivity contribution in [2.75, 3.05) is 0 Å². The summed E-state index contributed by atoms with van der Waals surface area (Å²) in [5.74, 6) is 0.0979. The number of carbonyl (C=O) groups excluding carboxylic acids is 1. The second kappa shape index (κ2) is 5.71. The van der Waals surface area contributed by atoms with Crippen LogP contribution in [0.2, 0.25) is 0 Å². The molecule has 1 amide bonds. The first-order chi connectivity index (χ1) is 11.5. The monoisotopic (exact) mass is 345 g/mol. The topological polar surface area (TPSA) is 84.5 Å². The van der Waals surface area contributed by atoms with E-state index in [0.29, 0.717) is 18.5 Å². The number of nitrogens with one attached hydrogen (secondary N) is 1. The molecule has 0 saturated heterocycles. The molecule has 126 valence electrons. The molecule has 3 aromatic rings. The Morgan fingerprint density at radius 1 is 1.46 bits per heavy atom. The number of hydrogen-bond donors (Lipinski definition) is 2. The number of carbonyl (C=O) groups is 1. The number of aromatic nitrogens is 4. The number of aliphatic hydroxyl groups excluding tert-OH is 1. The Balaban J connectivity index is 1.60.